The highest BCUT2D eigenvalue weighted by molar-refractivity contribution is 7.93. The number of carbonyl (C=O) groups excluding carboxylic acids is 1. The number of nitrogens with one attached hydrogen (secondary N) is 1. The predicted octanol–water partition coefficient (Wildman–Crippen LogP) is 4.14. The summed E-state index contributed by atoms with van der Waals surface area (Å²) >= 11 is 1.12. The Labute approximate surface area is 204 Å². The highest BCUT2D eigenvalue weighted by Gasteiger charge is 2.32. The summed E-state index contributed by atoms with van der Waals surface area (Å²) in [6.45, 7) is 3.65. The fourth-order valence-corrected chi connectivity index (χ4v) is 5.80. The number of hydrogen-bond donors (Lipinski definition) is 1. The molecule has 2 aromatic carbocycles. The second kappa shape index (κ2) is 10.6. The van der Waals surface area contributed by atoms with Gasteiger partial charge in [0.05, 0.1) is 23.1 Å². The number of hydrogen-bond acceptors (Lipinski definition) is 7. The number of sulfonamides is 1. The van der Waals surface area contributed by atoms with E-state index in [0.29, 0.717) is 6.42 Å². The molecule has 1 aromatic heterocycles. The number of nitrogens with zero attached hydrogens (tertiary/aromatic N) is 3. The fraction of sp³-hybridized carbons (Fsp3) is 0.318. The lowest BCUT2D eigenvalue weighted by molar-refractivity contribution is -0.137. The van der Waals surface area contributed by atoms with Gasteiger partial charge in [0.2, 0.25) is 5.13 Å². The molecule has 0 aliphatic carbocycles. The van der Waals surface area contributed by atoms with Crippen LogP contribution in [0.3, 0.4) is 0 Å². The van der Waals surface area contributed by atoms with Crippen molar-refractivity contribution < 1.29 is 31.1 Å². The first kappa shape index (κ1) is 26.4. The molecule has 0 aliphatic rings. The quantitative estimate of drug-likeness (QED) is 0.448. The molecule has 8 nitrogen and oxygen atoms in total. The largest absolute Gasteiger partial charge is 0.496 e. The normalized spacial score (nSPS) is 12.0. The van der Waals surface area contributed by atoms with Gasteiger partial charge in [-0.05, 0) is 56.2 Å². The van der Waals surface area contributed by atoms with Crippen molar-refractivity contribution in [3.05, 3.63) is 64.7 Å². The van der Waals surface area contributed by atoms with Crippen LogP contribution in [0.25, 0.3) is 0 Å². The average molecular weight is 529 g/mol. The summed E-state index contributed by atoms with van der Waals surface area (Å²) in [6, 6.07) is 8.51. The third kappa shape index (κ3) is 6.09. The number of alkyl halides is 3. The van der Waals surface area contributed by atoms with E-state index in [0.717, 1.165) is 35.1 Å². The molecule has 13 heteroatoms. The second-order valence-electron chi connectivity index (χ2n) is 7.68. The van der Waals surface area contributed by atoms with E-state index < -0.39 is 27.7 Å². The molecule has 0 bridgehead atoms. The van der Waals surface area contributed by atoms with Crippen LogP contribution in [-0.4, -0.2) is 44.2 Å². The fourth-order valence-electron chi connectivity index (χ4n) is 3.28. The maximum atomic E-state index is 13.1. The highest BCUT2D eigenvalue weighted by atomic mass is 32.2. The van der Waals surface area contributed by atoms with Crippen molar-refractivity contribution in [3.63, 3.8) is 0 Å². The number of anilines is 1. The van der Waals surface area contributed by atoms with E-state index in [1.54, 1.807) is 26.0 Å². The van der Waals surface area contributed by atoms with Gasteiger partial charge in [0.15, 0.2) is 0 Å². The third-order valence-corrected chi connectivity index (χ3v) is 7.74. The van der Waals surface area contributed by atoms with Crippen molar-refractivity contribution in [2.24, 2.45) is 0 Å². The van der Waals surface area contributed by atoms with Gasteiger partial charge in [0.1, 0.15) is 11.3 Å². The van der Waals surface area contributed by atoms with Crippen LogP contribution >= 0.6 is 11.3 Å². The number of ether oxygens (including phenoxy) is 1. The van der Waals surface area contributed by atoms with Gasteiger partial charge in [-0.3, -0.25) is 4.79 Å². The molecule has 3 rings (SSSR count). The first-order valence-electron chi connectivity index (χ1n) is 10.4. The van der Waals surface area contributed by atoms with Crippen molar-refractivity contribution in [3.8, 4) is 5.75 Å². The van der Waals surface area contributed by atoms with E-state index in [4.69, 9.17) is 4.74 Å². The minimum atomic E-state index is -4.55. The second-order valence-corrected chi connectivity index (χ2v) is 10.3. The molecular weight excluding hydrogens is 505 g/mol. The van der Waals surface area contributed by atoms with Crippen LogP contribution in [0.5, 0.6) is 5.75 Å². The van der Waals surface area contributed by atoms with Crippen LogP contribution in [-0.2, 0) is 22.6 Å². The van der Waals surface area contributed by atoms with E-state index in [1.165, 1.54) is 29.1 Å². The van der Waals surface area contributed by atoms with Gasteiger partial charge in [-0.15, -0.1) is 10.2 Å². The molecule has 0 radical (unpaired) electrons. The number of rotatable bonds is 9. The van der Waals surface area contributed by atoms with Gasteiger partial charge in [0, 0.05) is 12.6 Å². The summed E-state index contributed by atoms with van der Waals surface area (Å²) in [7, 11) is -2.67. The molecule has 3 aromatic rings. The van der Waals surface area contributed by atoms with Crippen LogP contribution in [0, 0.1) is 0 Å². The molecule has 0 fully saturated rings. The summed E-state index contributed by atoms with van der Waals surface area (Å²) in [5.74, 6) is -0.767. The standard InChI is InChI=1S/C22H23F3N4O4S2/c1-14(2)29(21-28-27-13-34-21)35(31,32)17-7-4-15(5-8-17)10-11-26-20(30)18-9-6-16(22(23,24)25)12-19(18)33-3/h4-9,12-14H,10-11H2,1-3H3,(H,26,30). The summed E-state index contributed by atoms with van der Waals surface area (Å²) in [5, 5.41) is 10.5. The molecule has 0 atom stereocenters. The third-order valence-electron chi connectivity index (χ3n) is 4.96. The van der Waals surface area contributed by atoms with E-state index in [1.807, 2.05) is 0 Å². The molecule has 0 spiro atoms. The molecule has 1 N–H and O–H groups in total. The lowest BCUT2D eigenvalue weighted by Gasteiger charge is -2.25. The van der Waals surface area contributed by atoms with Crippen LogP contribution in [0.2, 0.25) is 0 Å². The molecule has 188 valence electrons. The van der Waals surface area contributed by atoms with Crippen molar-refractivity contribution in [1.82, 2.24) is 15.5 Å². The van der Waals surface area contributed by atoms with Gasteiger partial charge in [0.25, 0.3) is 15.9 Å². The SMILES string of the molecule is COc1cc(C(F)(F)F)ccc1C(=O)NCCc1ccc(S(=O)(=O)N(c2nncs2)C(C)C)cc1. The van der Waals surface area contributed by atoms with Crippen molar-refractivity contribution >= 4 is 32.4 Å². The average Bonchev–Trinajstić information content (AvgIpc) is 3.31. The maximum Gasteiger partial charge on any atom is 0.416 e. The van der Waals surface area contributed by atoms with Gasteiger partial charge in [-0.25, -0.2) is 12.7 Å². The topological polar surface area (TPSA) is 101 Å². The molecule has 0 aliphatic heterocycles. The van der Waals surface area contributed by atoms with Crippen molar-refractivity contribution in [1.29, 1.82) is 0 Å². The summed E-state index contributed by atoms with van der Waals surface area (Å²) < 4.78 is 71.0. The Kier molecular flexibility index (Phi) is 8.00. The number of methoxy groups -OCH3 is 1. The van der Waals surface area contributed by atoms with E-state index in [2.05, 4.69) is 15.5 Å². The number of benzene rings is 2. The molecule has 35 heavy (non-hydrogen) atoms. The summed E-state index contributed by atoms with van der Waals surface area (Å²) in [5.41, 5.74) is 1.28. The van der Waals surface area contributed by atoms with Crippen LogP contribution in [0.15, 0.2) is 52.9 Å². The van der Waals surface area contributed by atoms with Gasteiger partial charge in [-0.1, -0.05) is 23.5 Å². The molecular formula is C22H23F3N4O4S2. The molecule has 0 unspecified atom stereocenters. The first-order valence-corrected chi connectivity index (χ1v) is 12.7. The Bertz CT molecular complexity index is 1260. The Morgan fingerprint density at radius 3 is 2.40 bits per heavy atom. The smallest absolute Gasteiger partial charge is 0.416 e. The van der Waals surface area contributed by atoms with Crippen LogP contribution in [0.1, 0.15) is 35.3 Å². The van der Waals surface area contributed by atoms with Crippen LogP contribution in [0.4, 0.5) is 18.3 Å². The number of amides is 1. The first-order chi connectivity index (χ1) is 16.4. The van der Waals surface area contributed by atoms with E-state index >= 15 is 0 Å². The van der Waals surface area contributed by atoms with Crippen molar-refractivity contribution in [2.75, 3.05) is 18.0 Å². The number of halogens is 3. The van der Waals surface area contributed by atoms with Gasteiger partial charge < -0.3 is 10.1 Å². The van der Waals surface area contributed by atoms with Crippen LogP contribution < -0.4 is 14.4 Å². The lowest BCUT2D eigenvalue weighted by Crippen LogP contribution is -2.37. The number of carbonyl (C=O) groups is 1. The predicted molar refractivity (Wildman–Crippen MR) is 125 cm³/mol. The molecule has 0 saturated carbocycles. The Morgan fingerprint density at radius 2 is 1.86 bits per heavy atom. The highest BCUT2D eigenvalue weighted by Crippen LogP contribution is 2.33. The molecule has 0 saturated heterocycles. The van der Waals surface area contributed by atoms with E-state index in [9.17, 15) is 26.4 Å². The zero-order valence-electron chi connectivity index (χ0n) is 19.0. The van der Waals surface area contributed by atoms with Gasteiger partial charge in [-0.2, -0.15) is 13.2 Å². The lowest BCUT2D eigenvalue weighted by atomic mass is 10.1. The van der Waals surface area contributed by atoms with E-state index in [-0.39, 0.29) is 33.9 Å². The Hall–Kier alpha value is -3.19. The zero-order chi connectivity index (χ0) is 25.8. The van der Waals surface area contributed by atoms with Crippen molar-refractivity contribution in [2.45, 2.75) is 37.4 Å². The minimum absolute atomic E-state index is 0.0209. The molecule has 1 amide bonds. The summed E-state index contributed by atoms with van der Waals surface area (Å²) in [4.78, 5) is 12.5. The Morgan fingerprint density at radius 1 is 1.17 bits per heavy atom. The Balaban J connectivity index is 1.66. The molecule has 1 heterocycles. The summed E-state index contributed by atoms with van der Waals surface area (Å²) in [6.07, 6.45) is -4.18. The van der Waals surface area contributed by atoms with Gasteiger partial charge >= 0.3 is 6.18 Å². The minimum Gasteiger partial charge on any atom is -0.496 e. The monoisotopic (exact) mass is 528 g/mol. The zero-order valence-corrected chi connectivity index (χ0v) is 20.7. The maximum absolute atomic E-state index is 13.1. The number of aromatic nitrogens is 2.